The third-order valence-corrected chi connectivity index (χ3v) is 3.82. The number of thioether (sulfide) groups is 1. The quantitative estimate of drug-likeness (QED) is 0.598. The molecule has 1 saturated carbocycles. The molecule has 4 nitrogen and oxygen atoms in total. The van der Waals surface area contributed by atoms with E-state index in [1.807, 2.05) is 11.8 Å². The van der Waals surface area contributed by atoms with Gasteiger partial charge in [-0.25, -0.2) is 0 Å². The van der Waals surface area contributed by atoms with Gasteiger partial charge in [-0.1, -0.05) is 0 Å². The van der Waals surface area contributed by atoms with E-state index in [1.165, 1.54) is 0 Å². The topological polar surface area (TPSA) is 58.4 Å². The molecule has 3 N–H and O–H groups in total. The van der Waals surface area contributed by atoms with Crippen molar-refractivity contribution in [3.8, 4) is 0 Å². The normalized spacial score (nSPS) is 17.2. The first-order valence-electron chi connectivity index (χ1n) is 6.36. The van der Waals surface area contributed by atoms with Gasteiger partial charge in [0.25, 0.3) is 0 Å². The number of carbonyl (C=O) groups is 1. The molecule has 1 aliphatic rings. The van der Waals surface area contributed by atoms with Gasteiger partial charge in [0.15, 0.2) is 0 Å². The number of likely N-dealkylation sites (N-methyl/N-ethyl adjacent to an activating group) is 1. The number of amides is 1. The van der Waals surface area contributed by atoms with Gasteiger partial charge in [-0.3, -0.25) is 4.79 Å². The summed E-state index contributed by atoms with van der Waals surface area (Å²) in [6, 6.07) is 0.623. The molecule has 1 aliphatic carbocycles. The third-order valence-electron chi connectivity index (χ3n) is 3.12. The molecule has 0 saturated heterocycles. The standard InChI is InChI=1S/C12H25N3OS/c1-15(6-3-7-17-2)11(9-13)8-12(16)14-10-4-5-10/h10-11H,3-9,13H2,1-2H3,(H,14,16). The van der Waals surface area contributed by atoms with Crippen molar-refractivity contribution < 1.29 is 4.79 Å². The van der Waals surface area contributed by atoms with E-state index in [4.69, 9.17) is 5.73 Å². The lowest BCUT2D eigenvalue weighted by molar-refractivity contribution is -0.122. The van der Waals surface area contributed by atoms with Crippen LogP contribution >= 0.6 is 11.8 Å². The number of nitrogens with two attached hydrogens (primary N) is 1. The number of carbonyl (C=O) groups excluding carboxylic acids is 1. The minimum absolute atomic E-state index is 0.152. The average molecular weight is 259 g/mol. The Morgan fingerprint density at radius 3 is 2.82 bits per heavy atom. The van der Waals surface area contributed by atoms with E-state index in [2.05, 4.69) is 23.5 Å². The van der Waals surface area contributed by atoms with Gasteiger partial charge in [-0.2, -0.15) is 11.8 Å². The zero-order valence-electron chi connectivity index (χ0n) is 10.9. The zero-order valence-corrected chi connectivity index (χ0v) is 11.8. The fourth-order valence-electron chi connectivity index (χ4n) is 1.79. The van der Waals surface area contributed by atoms with Crippen LogP contribution < -0.4 is 11.1 Å². The summed E-state index contributed by atoms with van der Waals surface area (Å²) >= 11 is 1.86. The maximum Gasteiger partial charge on any atom is 0.221 e. The Morgan fingerprint density at radius 2 is 2.29 bits per heavy atom. The van der Waals surface area contributed by atoms with Crippen LogP contribution in [0.2, 0.25) is 0 Å². The Kier molecular flexibility index (Phi) is 6.92. The van der Waals surface area contributed by atoms with E-state index in [0.717, 1.165) is 31.6 Å². The monoisotopic (exact) mass is 259 g/mol. The minimum Gasteiger partial charge on any atom is -0.353 e. The van der Waals surface area contributed by atoms with Gasteiger partial charge in [-0.05, 0) is 44.9 Å². The molecular formula is C12H25N3OS. The maximum atomic E-state index is 11.7. The number of nitrogens with one attached hydrogen (secondary N) is 1. The number of hydrogen-bond acceptors (Lipinski definition) is 4. The van der Waals surface area contributed by atoms with Crippen LogP contribution in [0.3, 0.4) is 0 Å². The van der Waals surface area contributed by atoms with E-state index >= 15 is 0 Å². The van der Waals surface area contributed by atoms with Crippen molar-refractivity contribution in [2.45, 2.75) is 37.8 Å². The molecule has 0 aromatic heterocycles. The Labute approximate surface area is 109 Å². The minimum atomic E-state index is 0.152. The number of hydrogen-bond donors (Lipinski definition) is 2. The fourth-order valence-corrected chi connectivity index (χ4v) is 2.21. The molecule has 0 aromatic rings. The maximum absolute atomic E-state index is 11.7. The Hall–Kier alpha value is -0.260. The Morgan fingerprint density at radius 1 is 1.59 bits per heavy atom. The van der Waals surface area contributed by atoms with Gasteiger partial charge >= 0.3 is 0 Å². The summed E-state index contributed by atoms with van der Waals surface area (Å²) < 4.78 is 0. The summed E-state index contributed by atoms with van der Waals surface area (Å²) in [6.45, 7) is 1.56. The van der Waals surface area contributed by atoms with Crippen molar-refractivity contribution in [1.82, 2.24) is 10.2 Å². The van der Waals surface area contributed by atoms with E-state index in [0.29, 0.717) is 19.0 Å². The van der Waals surface area contributed by atoms with Gasteiger partial charge in [0, 0.05) is 25.0 Å². The smallest absolute Gasteiger partial charge is 0.221 e. The van der Waals surface area contributed by atoms with Crippen molar-refractivity contribution in [2.75, 3.05) is 32.1 Å². The molecule has 0 spiro atoms. The predicted molar refractivity (Wildman–Crippen MR) is 74.3 cm³/mol. The van der Waals surface area contributed by atoms with Crippen LogP contribution in [0.25, 0.3) is 0 Å². The first-order valence-corrected chi connectivity index (χ1v) is 7.75. The van der Waals surface area contributed by atoms with E-state index in [-0.39, 0.29) is 11.9 Å². The molecule has 1 unspecified atom stereocenters. The highest BCUT2D eigenvalue weighted by molar-refractivity contribution is 7.98. The van der Waals surface area contributed by atoms with Crippen LogP contribution in [0, 0.1) is 0 Å². The fraction of sp³-hybridized carbons (Fsp3) is 0.917. The molecule has 1 amide bonds. The summed E-state index contributed by atoms with van der Waals surface area (Å²) in [6.07, 6.45) is 6.08. The second-order valence-electron chi connectivity index (χ2n) is 4.76. The van der Waals surface area contributed by atoms with Crippen molar-refractivity contribution in [2.24, 2.45) is 5.73 Å². The van der Waals surface area contributed by atoms with E-state index in [1.54, 1.807) is 0 Å². The van der Waals surface area contributed by atoms with Crippen LogP contribution in [0.1, 0.15) is 25.7 Å². The summed E-state index contributed by atoms with van der Waals surface area (Å²) in [7, 11) is 2.06. The predicted octanol–water partition coefficient (Wildman–Crippen LogP) is 0.667. The van der Waals surface area contributed by atoms with Crippen LogP contribution in [-0.4, -0.2) is 55.0 Å². The molecule has 100 valence electrons. The van der Waals surface area contributed by atoms with Crippen molar-refractivity contribution in [3.05, 3.63) is 0 Å². The highest BCUT2D eigenvalue weighted by atomic mass is 32.2. The number of rotatable bonds is 9. The van der Waals surface area contributed by atoms with Gasteiger partial charge < -0.3 is 16.0 Å². The van der Waals surface area contributed by atoms with E-state index in [9.17, 15) is 4.79 Å². The van der Waals surface area contributed by atoms with Crippen molar-refractivity contribution in [3.63, 3.8) is 0 Å². The SMILES string of the molecule is CSCCCN(C)C(CN)CC(=O)NC1CC1. The van der Waals surface area contributed by atoms with Gasteiger partial charge in [0.2, 0.25) is 5.91 Å². The average Bonchev–Trinajstić information content (AvgIpc) is 3.09. The molecule has 0 aliphatic heterocycles. The highest BCUT2D eigenvalue weighted by Crippen LogP contribution is 2.19. The van der Waals surface area contributed by atoms with Crippen LogP contribution in [0.4, 0.5) is 0 Å². The first-order chi connectivity index (χ1) is 8.17. The lowest BCUT2D eigenvalue weighted by Gasteiger charge is -2.26. The molecule has 0 aromatic carbocycles. The summed E-state index contributed by atoms with van der Waals surface area (Å²) in [4.78, 5) is 13.9. The molecule has 1 rings (SSSR count). The summed E-state index contributed by atoms with van der Waals surface area (Å²) in [5, 5.41) is 3.02. The molecule has 0 radical (unpaired) electrons. The summed E-state index contributed by atoms with van der Waals surface area (Å²) in [5.41, 5.74) is 5.75. The van der Waals surface area contributed by atoms with Crippen LogP contribution in [0.15, 0.2) is 0 Å². The van der Waals surface area contributed by atoms with Crippen LogP contribution in [0.5, 0.6) is 0 Å². The number of nitrogens with zero attached hydrogens (tertiary/aromatic N) is 1. The lowest BCUT2D eigenvalue weighted by atomic mass is 10.1. The second kappa shape index (κ2) is 7.95. The molecular weight excluding hydrogens is 234 g/mol. The van der Waals surface area contributed by atoms with Crippen LogP contribution in [-0.2, 0) is 4.79 Å². The molecule has 5 heteroatoms. The second-order valence-corrected chi connectivity index (χ2v) is 5.75. The van der Waals surface area contributed by atoms with Gasteiger partial charge in [-0.15, -0.1) is 0 Å². The van der Waals surface area contributed by atoms with E-state index < -0.39 is 0 Å². The van der Waals surface area contributed by atoms with Crippen molar-refractivity contribution >= 4 is 17.7 Å². The molecule has 17 heavy (non-hydrogen) atoms. The highest BCUT2D eigenvalue weighted by Gasteiger charge is 2.25. The lowest BCUT2D eigenvalue weighted by Crippen LogP contribution is -2.42. The zero-order chi connectivity index (χ0) is 12.7. The largest absolute Gasteiger partial charge is 0.353 e. The Balaban J connectivity index is 2.22. The summed E-state index contributed by atoms with van der Waals surface area (Å²) in [5.74, 6) is 1.32. The molecule has 1 atom stereocenters. The first kappa shape index (κ1) is 14.8. The molecule has 1 fully saturated rings. The third kappa shape index (κ3) is 6.29. The van der Waals surface area contributed by atoms with Gasteiger partial charge in [0.1, 0.15) is 0 Å². The van der Waals surface area contributed by atoms with Crippen molar-refractivity contribution in [1.29, 1.82) is 0 Å². The van der Waals surface area contributed by atoms with Gasteiger partial charge in [0.05, 0.1) is 0 Å². The molecule has 0 bridgehead atoms. The Bertz CT molecular complexity index is 234. The molecule has 0 heterocycles.